The first-order valence-electron chi connectivity index (χ1n) is 9.18. The molecule has 0 radical (unpaired) electrons. The summed E-state index contributed by atoms with van der Waals surface area (Å²) in [4.78, 5) is 27.1. The summed E-state index contributed by atoms with van der Waals surface area (Å²) in [5, 5.41) is 6.32. The number of benzene rings is 2. The molecular formula is C21H24ClN3O2. The highest BCUT2D eigenvalue weighted by molar-refractivity contribution is 6.33. The largest absolute Gasteiger partial charge is 0.362 e. The van der Waals surface area contributed by atoms with Crippen LogP contribution in [-0.2, 0) is 11.2 Å². The van der Waals surface area contributed by atoms with Crippen molar-refractivity contribution >= 4 is 34.8 Å². The standard InChI is InChI=1S/C21H24ClN3O2/c1-14(2)23-21(27)16-7-5-11-19-15(16)8-6-12-25(19)13-20(26)24-18-10-4-3-9-17(18)22/h3-5,7,9-11,14H,6,8,12-13H2,1-2H3,(H,23,27)(H,24,26). The van der Waals surface area contributed by atoms with Gasteiger partial charge in [-0.3, -0.25) is 9.59 Å². The summed E-state index contributed by atoms with van der Waals surface area (Å²) >= 11 is 6.12. The summed E-state index contributed by atoms with van der Waals surface area (Å²) < 4.78 is 0. The number of carbonyl (C=O) groups is 2. The normalized spacial score (nSPS) is 13.3. The van der Waals surface area contributed by atoms with E-state index in [1.807, 2.05) is 49.1 Å². The lowest BCUT2D eigenvalue weighted by Gasteiger charge is -2.32. The zero-order chi connectivity index (χ0) is 19.4. The molecule has 142 valence electrons. The molecule has 27 heavy (non-hydrogen) atoms. The average Bonchev–Trinajstić information content (AvgIpc) is 2.63. The number of amides is 2. The van der Waals surface area contributed by atoms with Gasteiger partial charge in [-0.25, -0.2) is 0 Å². The molecule has 2 aromatic carbocycles. The van der Waals surface area contributed by atoms with Crippen LogP contribution in [0.25, 0.3) is 0 Å². The van der Waals surface area contributed by atoms with E-state index in [1.54, 1.807) is 12.1 Å². The maximum atomic E-state index is 12.5. The fourth-order valence-electron chi connectivity index (χ4n) is 3.34. The van der Waals surface area contributed by atoms with Crippen molar-refractivity contribution in [3.8, 4) is 0 Å². The van der Waals surface area contributed by atoms with Gasteiger partial charge in [0.15, 0.2) is 0 Å². The molecule has 0 bridgehead atoms. The molecule has 1 aliphatic rings. The summed E-state index contributed by atoms with van der Waals surface area (Å²) in [5.41, 5.74) is 3.25. The molecule has 0 saturated heterocycles. The minimum absolute atomic E-state index is 0.0655. The van der Waals surface area contributed by atoms with Crippen LogP contribution in [0.15, 0.2) is 42.5 Å². The molecule has 0 aliphatic carbocycles. The number of halogens is 1. The van der Waals surface area contributed by atoms with E-state index in [0.29, 0.717) is 16.3 Å². The quantitative estimate of drug-likeness (QED) is 0.821. The third-order valence-electron chi connectivity index (χ3n) is 4.49. The summed E-state index contributed by atoms with van der Waals surface area (Å²) in [6.45, 7) is 4.88. The van der Waals surface area contributed by atoms with Crippen LogP contribution in [0.3, 0.4) is 0 Å². The van der Waals surface area contributed by atoms with Gasteiger partial charge >= 0.3 is 0 Å². The van der Waals surface area contributed by atoms with Gasteiger partial charge in [-0.1, -0.05) is 29.8 Å². The molecule has 6 heteroatoms. The molecule has 2 amide bonds. The van der Waals surface area contributed by atoms with E-state index >= 15 is 0 Å². The molecule has 5 nitrogen and oxygen atoms in total. The Labute approximate surface area is 164 Å². The molecule has 0 saturated carbocycles. The summed E-state index contributed by atoms with van der Waals surface area (Å²) in [6.07, 6.45) is 1.73. The van der Waals surface area contributed by atoms with Crippen molar-refractivity contribution in [1.82, 2.24) is 5.32 Å². The molecule has 2 aromatic rings. The predicted octanol–water partition coefficient (Wildman–Crippen LogP) is 3.87. The first-order chi connectivity index (χ1) is 13.0. The number of para-hydroxylation sites is 1. The average molecular weight is 386 g/mol. The molecule has 1 heterocycles. The van der Waals surface area contributed by atoms with Crippen LogP contribution in [0.4, 0.5) is 11.4 Å². The van der Waals surface area contributed by atoms with Crippen LogP contribution in [0.1, 0.15) is 36.2 Å². The van der Waals surface area contributed by atoms with Crippen LogP contribution >= 0.6 is 11.6 Å². The number of nitrogens with one attached hydrogen (secondary N) is 2. The first kappa shape index (κ1) is 19.2. The van der Waals surface area contributed by atoms with E-state index in [4.69, 9.17) is 11.6 Å². The van der Waals surface area contributed by atoms with Crippen molar-refractivity contribution in [1.29, 1.82) is 0 Å². The molecule has 3 rings (SSSR count). The topological polar surface area (TPSA) is 61.4 Å². The van der Waals surface area contributed by atoms with Gasteiger partial charge in [0.1, 0.15) is 0 Å². The highest BCUT2D eigenvalue weighted by Crippen LogP contribution is 2.30. The van der Waals surface area contributed by atoms with Gasteiger partial charge in [0.05, 0.1) is 17.3 Å². The second-order valence-electron chi connectivity index (χ2n) is 6.98. The molecule has 0 spiro atoms. The first-order valence-corrected chi connectivity index (χ1v) is 9.55. The molecule has 2 N–H and O–H groups in total. The monoisotopic (exact) mass is 385 g/mol. The lowest BCUT2D eigenvalue weighted by molar-refractivity contribution is -0.115. The summed E-state index contributed by atoms with van der Waals surface area (Å²) in [6, 6.07) is 13.0. The Bertz CT molecular complexity index is 851. The smallest absolute Gasteiger partial charge is 0.251 e. The Balaban J connectivity index is 1.77. The lowest BCUT2D eigenvalue weighted by atomic mass is 9.95. The Hall–Kier alpha value is -2.53. The van der Waals surface area contributed by atoms with Gasteiger partial charge < -0.3 is 15.5 Å². The SMILES string of the molecule is CC(C)NC(=O)c1cccc2c1CCCN2CC(=O)Nc1ccccc1Cl. The Morgan fingerprint density at radius 1 is 1.15 bits per heavy atom. The highest BCUT2D eigenvalue weighted by Gasteiger charge is 2.24. The van der Waals surface area contributed by atoms with Gasteiger partial charge in [-0.2, -0.15) is 0 Å². The maximum absolute atomic E-state index is 12.5. The highest BCUT2D eigenvalue weighted by atomic mass is 35.5. The van der Waals surface area contributed by atoms with Crippen molar-refractivity contribution in [3.05, 3.63) is 58.6 Å². The van der Waals surface area contributed by atoms with Gasteiger partial charge in [0.2, 0.25) is 5.91 Å². The fraction of sp³-hybridized carbons (Fsp3) is 0.333. The van der Waals surface area contributed by atoms with E-state index in [2.05, 4.69) is 10.6 Å². The van der Waals surface area contributed by atoms with Crippen LogP contribution in [0.2, 0.25) is 5.02 Å². The molecule has 0 unspecified atom stereocenters. The zero-order valence-electron chi connectivity index (χ0n) is 15.6. The van der Waals surface area contributed by atoms with Crippen LogP contribution in [-0.4, -0.2) is 30.9 Å². The molecule has 1 aliphatic heterocycles. The summed E-state index contributed by atoms with van der Waals surface area (Å²) in [7, 11) is 0. The lowest BCUT2D eigenvalue weighted by Crippen LogP contribution is -2.38. The van der Waals surface area contributed by atoms with Crippen molar-refractivity contribution < 1.29 is 9.59 Å². The van der Waals surface area contributed by atoms with E-state index in [-0.39, 0.29) is 24.4 Å². The number of anilines is 2. The molecular weight excluding hydrogens is 362 g/mol. The second-order valence-corrected chi connectivity index (χ2v) is 7.39. The van der Waals surface area contributed by atoms with Crippen molar-refractivity contribution in [3.63, 3.8) is 0 Å². The number of carbonyl (C=O) groups excluding carboxylic acids is 2. The van der Waals surface area contributed by atoms with E-state index in [1.165, 1.54) is 0 Å². The number of nitrogens with zero attached hydrogens (tertiary/aromatic N) is 1. The van der Waals surface area contributed by atoms with Crippen LogP contribution in [0.5, 0.6) is 0 Å². The minimum Gasteiger partial charge on any atom is -0.362 e. The van der Waals surface area contributed by atoms with Gasteiger partial charge in [-0.05, 0) is 56.5 Å². The van der Waals surface area contributed by atoms with Gasteiger partial charge in [0.25, 0.3) is 5.91 Å². The molecule has 0 fully saturated rings. The van der Waals surface area contributed by atoms with Crippen molar-refractivity contribution in [2.45, 2.75) is 32.7 Å². The van der Waals surface area contributed by atoms with Gasteiger partial charge in [-0.15, -0.1) is 0 Å². The second kappa shape index (κ2) is 8.44. The van der Waals surface area contributed by atoms with Crippen molar-refractivity contribution in [2.24, 2.45) is 0 Å². The zero-order valence-corrected chi connectivity index (χ0v) is 16.3. The number of hydrogen-bond donors (Lipinski definition) is 2. The fourth-order valence-corrected chi connectivity index (χ4v) is 3.53. The number of hydrogen-bond acceptors (Lipinski definition) is 3. The Morgan fingerprint density at radius 2 is 1.93 bits per heavy atom. The van der Waals surface area contributed by atoms with Crippen molar-refractivity contribution in [2.75, 3.05) is 23.3 Å². The molecule has 0 atom stereocenters. The predicted molar refractivity (Wildman–Crippen MR) is 110 cm³/mol. The summed E-state index contributed by atoms with van der Waals surface area (Å²) in [5.74, 6) is -0.197. The van der Waals surface area contributed by atoms with Gasteiger partial charge in [0, 0.05) is 23.8 Å². The minimum atomic E-state index is -0.131. The molecule has 0 aromatic heterocycles. The van der Waals surface area contributed by atoms with E-state index in [9.17, 15) is 9.59 Å². The number of rotatable bonds is 5. The van der Waals surface area contributed by atoms with E-state index in [0.717, 1.165) is 30.6 Å². The van der Waals surface area contributed by atoms with Crippen LogP contribution in [0, 0.1) is 0 Å². The third kappa shape index (κ3) is 4.61. The van der Waals surface area contributed by atoms with Crippen LogP contribution < -0.4 is 15.5 Å². The third-order valence-corrected chi connectivity index (χ3v) is 4.82. The number of fused-ring (bicyclic) bond motifs is 1. The maximum Gasteiger partial charge on any atom is 0.251 e. The Morgan fingerprint density at radius 3 is 2.67 bits per heavy atom. The van der Waals surface area contributed by atoms with E-state index < -0.39 is 0 Å². The Kier molecular flexibility index (Phi) is 6.01.